The summed E-state index contributed by atoms with van der Waals surface area (Å²) >= 11 is 0. The molecule has 20 heavy (non-hydrogen) atoms. The molecule has 1 atom stereocenters. The molecule has 104 valence electrons. The van der Waals surface area contributed by atoms with E-state index in [9.17, 15) is 0 Å². The van der Waals surface area contributed by atoms with Gasteiger partial charge in [-0.2, -0.15) is 0 Å². The lowest BCUT2D eigenvalue weighted by molar-refractivity contribution is 0.254. The minimum Gasteiger partial charge on any atom is -0.490 e. The van der Waals surface area contributed by atoms with Crippen molar-refractivity contribution in [3.05, 3.63) is 53.1 Å². The second-order valence-corrected chi connectivity index (χ2v) is 5.63. The first-order valence-electron chi connectivity index (χ1n) is 7.21. The maximum Gasteiger partial charge on any atom is 0.123 e. The van der Waals surface area contributed by atoms with E-state index in [0.717, 1.165) is 18.7 Å². The smallest absolute Gasteiger partial charge is 0.123 e. The lowest BCUT2D eigenvalue weighted by atomic mass is 9.96. The Bertz CT molecular complexity index is 633. The van der Waals surface area contributed by atoms with Crippen LogP contribution in [0.3, 0.4) is 0 Å². The topological polar surface area (TPSA) is 21.3 Å². The molecule has 0 saturated heterocycles. The fourth-order valence-corrected chi connectivity index (χ4v) is 2.95. The number of ether oxygens (including phenoxy) is 1. The van der Waals surface area contributed by atoms with Crippen LogP contribution in [0.4, 0.5) is 0 Å². The average Bonchev–Trinajstić information content (AvgIpc) is 2.78. The molecule has 0 radical (unpaired) electrons. The predicted molar refractivity (Wildman–Crippen MR) is 83.2 cm³/mol. The van der Waals surface area contributed by atoms with Gasteiger partial charge < -0.3 is 10.1 Å². The highest BCUT2D eigenvalue weighted by atomic mass is 16.5. The summed E-state index contributed by atoms with van der Waals surface area (Å²) in [5.41, 5.74) is 6.58. The summed E-state index contributed by atoms with van der Waals surface area (Å²) in [5.74, 6) is 1.05. The van der Waals surface area contributed by atoms with Crippen molar-refractivity contribution in [2.45, 2.75) is 32.9 Å². The van der Waals surface area contributed by atoms with Crippen LogP contribution >= 0.6 is 0 Å². The highest BCUT2D eigenvalue weighted by Gasteiger charge is 2.19. The Morgan fingerprint density at radius 2 is 2.05 bits per heavy atom. The molecule has 0 amide bonds. The predicted octanol–water partition coefficient (Wildman–Crippen LogP) is 3.70. The molecule has 0 aromatic heterocycles. The van der Waals surface area contributed by atoms with E-state index in [1.807, 2.05) is 7.05 Å². The van der Waals surface area contributed by atoms with E-state index in [1.54, 1.807) is 0 Å². The molecule has 0 saturated carbocycles. The van der Waals surface area contributed by atoms with Crippen molar-refractivity contribution in [2.75, 3.05) is 7.05 Å². The zero-order valence-electron chi connectivity index (χ0n) is 12.4. The van der Waals surface area contributed by atoms with Gasteiger partial charge in [-0.15, -0.1) is 0 Å². The molecule has 3 rings (SSSR count). The van der Waals surface area contributed by atoms with Crippen molar-refractivity contribution in [1.82, 2.24) is 5.32 Å². The van der Waals surface area contributed by atoms with Crippen molar-refractivity contribution >= 4 is 0 Å². The third kappa shape index (κ3) is 2.44. The molecule has 1 N–H and O–H groups in total. The Morgan fingerprint density at radius 1 is 1.20 bits per heavy atom. The SMILES string of the molecule is CNCc1ccc(-c2ccc3c(c2)CC(C)O3)c(C)c1. The lowest BCUT2D eigenvalue weighted by Gasteiger charge is -2.10. The normalized spacial score (nSPS) is 16.9. The van der Waals surface area contributed by atoms with Crippen molar-refractivity contribution in [3.8, 4) is 16.9 Å². The lowest BCUT2D eigenvalue weighted by Crippen LogP contribution is -2.05. The first kappa shape index (κ1) is 13.2. The number of hydrogen-bond acceptors (Lipinski definition) is 2. The number of hydrogen-bond donors (Lipinski definition) is 1. The van der Waals surface area contributed by atoms with Gasteiger partial charge in [-0.3, -0.25) is 0 Å². The van der Waals surface area contributed by atoms with Gasteiger partial charge in [0.2, 0.25) is 0 Å². The van der Waals surface area contributed by atoms with Gasteiger partial charge in [-0.1, -0.05) is 24.3 Å². The molecule has 0 aliphatic carbocycles. The second kappa shape index (κ2) is 5.29. The zero-order chi connectivity index (χ0) is 14.1. The van der Waals surface area contributed by atoms with E-state index in [2.05, 4.69) is 55.6 Å². The number of fused-ring (bicyclic) bond motifs is 1. The van der Waals surface area contributed by atoms with Gasteiger partial charge >= 0.3 is 0 Å². The Labute approximate surface area is 120 Å². The van der Waals surface area contributed by atoms with Crippen LogP contribution in [0.2, 0.25) is 0 Å². The van der Waals surface area contributed by atoms with Crippen molar-refractivity contribution in [1.29, 1.82) is 0 Å². The fraction of sp³-hybridized carbons (Fsp3) is 0.333. The summed E-state index contributed by atoms with van der Waals surface area (Å²) in [5, 5.41) is 3.19. The maximum absolute atomic E-state index is 5.77. The van der Waals surface area contributed by atoms with Crippen LogP contribution in [0.5, 0.6) is 5.75 Å². The van der Waals surface area contributed by atoms with Gasteiger partial charge in [0, 0.05) is 13.0 Å². The van der Waals surface area contributed by atoms with Crippen molar-refractivity contribution in [3.63, 3.8) is 0 Å². The minimum atomic E-state index is 0.305. The molecular weight excluding hydrogens is 246 g/mol. The summed E-state index contributed by atoms with van der Waals surface area (Å²) in [4.78, 5) is 0. The molecule has 1 heterocycles. The Kier molecular flexibility index (Phi) is 3.49. The molecular formula is C18H21NO. The van der Waals surface area contributed by atoms with Crippen LogP contribution in [-0.4, -0.2) is 13.2 Å². The first-order valence-corrected chi connectivity index (χ1v) is 7.21. The highest BCUT2D eigenvalue weighted by Crippen LogP contribution is 2.34. The second-order valence-electron chi connectivity index (χ2n) is 5.63. The van der Waals surface area contributed by atoms with Crippen molar-refractivity contribution in [2.24, 2.45) is 0 Å². The Balaban J connectivity index is 1.96. The Morgan fingerprint density at radius 3 is 2.80 bits per heavy atom. The zero-order valence-corrected chi connectivity index (χ0v) is 12.4. The van der Waals surface area contributed by atoms with Crippen LogP contribution in [0.25, 0.3) is 11.1 Å². The van der Waals surface area contributed by atoms with Gasteiger partial charge in [-0.05, 0) is 60.8 Å². The summed E-state index contributed by atoms with van der Waals surface area (Å²) in [6.07, 6.45) is 1.32. The quantitative estimate of drug-likeness (QED) is 0.915. The minimum absolute atomic E-state index is 0.305. The van der Waals surface area contributed by atoms with Crippen LogP contribution in [0.1, 0.15) is 23.6 Å². The van der Waals surface area contributed by atoms with E-state index < -0.39 is 0 Å². The number of nitrogens with one attached hydrogen (secondary N) is 1. The standard InChI is InChI=1S/C18H21NO/c1-12-8-14(11-19-3)4-6-17(12)15-5-7-18-16(10-15)9-13(2)20-18/h4-8,10,13,19H,9,11H2,1-3H3. The van der Waals surface area contributed by atoms with Crippen molar-refractivity contribution < 1.29 is 4.74 Å². The molecule has 1 aliphatic heterocycles. The first-order chi connectivity index (χ1) is 9.67. The molecule has 2 aromatic carbocycles. The number of rotatable bonds is 3. The highest BCUT2D eigenvalue weighted by molar-refractivity contribution is 5.69. The largest absolute Gasteiger partial charge is 0.490 e. The van der Waals surface area contributed by atoms with E-state index in [1.165, 1.54) is 27.8 Å². The molecule has 0 fully saturated rings. The summed E-state index contributed by atoms with van der Waals surface area (Å²) in [6, 6.07) is 13.2. The Hall–Kier alpha value is -1.80. The molecule has 1 aliphatic rings. The summed E-state index contributed by atoms with van der Waals surface area (Å²) < 4.78 is 5.77. The van der Waals surface area contributed by atoms with Crippen LogP contribution < -0.4 is 10.1 Å². The van der Waals surface area contributed by atoms with Gasteiger partial charge in [-0.25, -0.2) is 0 Å². The third-order valence-corrected chi connectivity index (χ3v) is 3.88. The number of aryl methyl sites for hydroxylation is 1. The van der Waals surface area contributed by atoms with Gasteiger partial charge in [0.15, 0.2) is 0 Å². The van der Waals surface area contributed by atoms with E-state index in [4.69, 9.17) is 4.74 Å². The van der Waals surface area contributed by atoms with E-state index >= 15 is 0 Å². The molecule has 0 bridgehead atoms. The van der Waals surface area contributed by atoms with Gasteiger partial charge in [0.05, 0.1) is 0 Å². The van der Waals surface area contributed by atoms with Gasteiger partial charge in [0.1, 0.15) is 11.9 Å². The van der Waals surface area contributed by atoms with Crippen LogP contribution in [0.15, 0.2) is 36.4 Å². The molecule has 2 heteroatoms. The van der Waals surface area contributed by atoms with E-state index in [-0.39, 0.29) is 0 Å². The summed E-state index contributed by atoms with van der Waals surface area (Å²) in [7, 11) is 1.98. The monoisotopic (exact) mass is 267 g/mol. The fourth-order valence-electron chi connectivity index (χ4n) is 2.95. The molecule has 2 aromatic rings. The van der Waals surface area contributed by atoms with Gasteiger partial charge in [0.25, 0.3) is 0 Å². The van der Waals surface area contributed by atoms with E-state index in [0.29, 0.717) is 6.10 Å². The molecule has 1 unspecified atom stereocenters. The number of benzene rings is 2. The third-order valence-electron chi connectivity index (χ3n) is 3.88. The molecule has 0 spiro atoms. The molecule has 2 nitrogen and oxygen atoms in total. The maximum atomic E-state index is 5.77. The average molecular weight is 267 g/mol. The van der Waals surface area contributed by atoms with Crippen LogP contribution in [-0.2, 0) is 13.0 Å². The summed E-state index contributed by atoms with van der Waals surface area (Å²) in [6.45, 7) is 5.22. The van der Waals surface area contributed by atoms with Crippen LogP contribution in [0, 0.1) is 6.92 Å².